The van der Waals surface area contributed by atoms with E-state index >= 15 is 0 Å². The van der Waals surface area contributed by atoms with Crippen LogP contribution in [-0.2, 0) is 4.74 Å². The zero-order valence-electron chi connectivity index (χ0n) is 11.2. The average Bonchev–Trinajstić information content (AvgIpc) is 2.85. The van der Waals surface area contributed by atoms with Gasteiger partial charge in [0.25, 0.3) is 0 Å². The van der Waals surface area contributed by atoms with Crippen molar-refractivity contribution in [3.05, 3.63) is 44.5 Å². The molecule has 6 heteroatoms. The van der Waals surface area contributed by atoms with Crippen molar-refractivity contribution in [2.75, 3.05) is 0 Å². The second-order valence-corrected chi connectivity index (χ2v) is 5.30. The highest BCUT2D eigenvalue weighted by molar-refractivity contribution is 5.74. The molecule has 4 N–H and O–H groups in total. The van der Waals surface area contributed by atoms with Gasteiger partial charge in [-0.05, 0) is 37.5 Å². The first-order valence-corrected chi connectivity index (χ1v) is 6.72. The third-order valence-corrected chi connectivity index (χ3v) is 3.80. The second kappa shape index (κ2) is 4.88. The first-order valence-electron chi connectivity index (χ1n) is 6.72. The number of aromatic nitrogens is 2. The molecule has 106 valence electrons. The third kappa shape index (κ3) is 2.28. The molecule has 0 bridgehead atoms. The van der Waals surface area contributed by atoms with Crippen LogP contribution in [0.15, 0.2) is 27.8 Å². The summed E-state index contributed by atoms with van der Waals surface area (Å²) in [6, 6.07) is 5.16. The lowest BCUT2D eigenvalue weighted by atomic mass is 9.99. The lowest BCUT2D eigenvalue weighted by Crippen LogP contribution is -2.29. The number of aromatic amines is 2. The molecular formula is C14H17N3O3. The summed E-state index contributed by atoms with van der Waals surface area (Å²) in [7, 11) is 0. The molecule has 1 aromatic heterocycles. The number of H-pyrrole nitrogens is 2. The molecule has 0 aliphatic carbocycles. The molecule has 0 spiro atoms. The minimum absolute atomic E-state index is 0.00284. The van der Waals surface area contributed by atoms with Gasteiger partial charge in [-0.1, -0.05) is 6.07 Å². The number of fused-ring (bicyclic) bond motifs is 1. The number of hydrogen-bond acceptors (Lipinski definition) is 4. The number of rotatable bonds is 2. The molecule has 3 rings (SSSR count). The molecule has 0 saturated carbocycles. The molecule has 0 radical (unpaired) electrons. The Bertz CT molecular complexity index is 749. The van der Waals surface area contributed by atoms with Crippen LogP contribution in [0, 0.1) is 0 Å². The molecule has 6 nitrogen and oxygen atoms in total. The SMILES string of the molecule is CC1CCC(C(N)c2ccc3[nH]c(=O)c(=O)[nH]c3c2)O1. The van der Waals surface area contributed by atoms with Crippen molar-refractivity contribution in [2.24, 2.45) is 5.73 Å². The van der Waals surface area contributed by atoms with E-state index in [-0.39, 0.29) is 18.2 Å². The summed E-state index contributed by atoms with van der Waals surface area (Å²) >= 11 is 0. The molecule has 1 aromatic carbocycles. The molecule has 3 unspecified atom stereocenters. The predicted octanol–water partition coefficient (Wildman–Crippen LogP) is 0.784. The topological polar surface area (TPSA) is 101 Å². The van der Waals surface area contributed by atoms with E-state index in [1.54, 1.807) is 12.1 Å². The van der Waals surface area contributed by atoms with Crippen molar-refractivity contribution < 1.29 is 4.74 Å². The Kier molecular flexibility index (Phi) is 3.19. The highest BCUT2D eigenvalue weighted by atomic mass is 16.5. The van der Waals surface area contributed by atoms with Crippen LogP contribution in [0.3, 0.4) is 0 Å². The fourth-order valence-electron chi connectivity index (χ4n) is 2.65. The normalized spacial score (nSPS) is 24.1. The zero-order chi connectivity index (χ0) is 14.3. The summed E-state index contributed by atoms with van der Waals surface area (Å²) < 4.78 is 5.78. The minimum atomic E-state index is -0.658. The van der Waals surface area contributed by atoms with E-state index in [1.165, 1.54) is 0 Å². The van der Waals surface area contributed by atoms with Gasteiger partial charge in [-0.25, -0.2) is 0 Å². The van der Waals surface area contributed by atoms with Crippen LogP contribution in [0.4, 0.5) is 0 Å². The van der Waals surface area contributed by atoms with Crippen molar-refractivity contribution in [3.8, 4) is 0 Å². The largest absolute Gasteiger partial charge is 0.373 e. The quantitative estimate of drug-likeness (QED) is 0.705. The summed E-state index contributed by atoms with van der Waals surface area (Å²) in [6.45, 7) is 2.04. The van der Waals surface area contributed by atoms with Crippen LogP contribution in [0.2, 0.25) is 0 Å². The lowest BCUT2D eigenvalue weighted by molar-refractivity contribution is 0.0401. The molecule has 2 aromatic rings. The van der Waals surface area contributed by atoms with Crippen LogP contribution >= 0.6 is 0 Å². The maximum atomic E-state index is 11.4. The summed E-state index contributed by atoms with van der Waals surface area (Å²) in [4.78, 5) is 27.7. The number of nitrogens with two attached hydrogens (primary N) is 1. The smallest absolute Gasteiger partial charge is 0.314 e. The summed E-state index contributed by atoms with van der Waals surface area (Å²) in [5, 5.41) is 0. The van der Waals surface area contributed by atoms with Gasteiger partial charge in [-0.3, -0.25) is 9.59 Å². The van der Waals surface area contributed by atoms with Gasteiger partial charge in [0.05, 0.1) is 29.3 Å². The van der Waals surface area contributed by atoms with Gasteiger partial charge in [0.1, 0.15) is 0 Å². The van der Waals surface area contributed by atoms with Crippen molar-refractivity contribution in [2.45, 2.75) is 38.0 Å². The Hall–Kier alpha value is -1.92. The lowest BCUT2D eigenvalue weighted by Gasteiger charge is -2.20. The zero-order valence-corrected chi connectivity index (χ0v) is 11.2. The highest BCUT2D eigenvalue weighted by Crippen LogP contribution is 2.29. The Balaban J connectivity index is 1.98. The first kappa shape index (κ1) is 13.1. The molecular weight excluding hydrogens is 258 g/mol. The third-order valence-electron chi connectivity index (χ3n) is 3.80. The second-order valence-electron chi connectivity index (χ2n) is 5.30. The molecule has 1 fully saturated rings. The van der Waals surface area contributed by atoms with Crippen LogP contribution in [0.5, 0.6) is 0 Å². The van der Waals surface area contributed by atoms with E-state index in [9.17, 15) is 9.59 Å². The molecule has 0 amide bonds. The monoisotopic (exact) mass is 275 g/mol. The van der Waals surface area contributed by atoms with Crippen molar-refractivity contribution in [1.82, 2.24) is 9.97 Å². The van der Waals surface area contributed by atoms with Gasteiger partial charge in [0.2, 0.25) is 0 Å². The molecule has 3 atom stereocenters. The van der Waals surface area contributed by atoms with Crippen LogP contribution < -0.4 is 16.9 Å². The molecule has 2 heterocycles. The number of hydrogen-bond donors (Lipinski definition) is 3. The van der Waals surface area contributed by atoms with Gasteiger partial charge in [-0.15, -0.1) is 0 Å². The minimum Gasteiger partial charge on any atom is -0.373 e. The van der Waals surface area contributed by atoms with Gasteiger partial charge in [0.15, 0.2) is 0 Å². The maximum absolute atomic E-state index is 11.4. The average molecular weight is 275 g/mol. The highest BCUT2D eigenvalue weighted by Gasteiger charge is 2.28. The van der Waals surface area contributed by atoms with E-state index in [4.69, 9.17) is 10.5 Å². The first-order chi connectivity index (χ1) is 9.54. The molecule has 1 saturated heterocycles. The van der Waals surface area contributed by atoms with E-state index < -0.39 is 11.1 Å². The van der Waals surface area contributed by atoms with E-state index in [2.05, 4.69) is 9.97 Å². The van der Waals surface area contributed by atoms with Gasteiger partial charge < -0.3 is 20.4 Å². The number of ether oxygens (including phenoxy) is 1. The van der Waals surface area contributed by atoms with Crippen molar-refractivity contribution >= 4 is 11.0 Å². The van der Waals surface area contributed by atoms with Crippen molar-refractivity contribution in [1.29, 1.82) is 0 Å². The number of benzene rings is 1. The van der Waals surface area contributed by atoms with E-state index in [1.807, 2.05) is 13.0 Å². The Morgan fingerprint density at radius 3 is 2.55 bits per heavy atom. The predicted molar refractivity (Wildman–Crippen MR) is 75.7 cm³/mol. The molecule has 1 aliphatic heterocycles. The van der Waals surface area contributed by atoms with Gasteiger partial charge >= 0.3 is 11.1 Å². The molecule has 1 aliphatic rings. The van der Waals surface area contributed by atoms with E-state index in [0.29, 0.717) is 11.0 Å². The van der Waals surface area contributed by atoms with Gasteiger partial charge in [0, 0.05) is 0 Å². The van der Waals surface area contributed by atoms with Crippen LogP contribution in [0.25, 0.3) is 11.0 Å². The molecule has 20 heavy (non-hydrogen) atoms. The number of nitrogens with one attached hydrogen (secondary N) is 2. The summed E-state index contributed by atoms with van der Waals surface area (Å²) in [5.74, 6) is 0. The standard InChI is InChI=1S/C14H17N3O3/c1-7-2-5-11(20-7)12(15)8-3-4-9-10(6-8)17-14(19)13(18)16-9/h3-4,6-7,11-12H,2,5,15H2,1H3,(H,16,18)(H,17,19). The Morgan fingerprint density at radius 2 is 1.90 bits per heavy atom. The summed E-state index contributed by atoms with van der Waals surface area (Å²) in [5.41, 5.74) is 6.98. The van der Waals surface area contributed by atoms with Crippen LogP contribution in [-0.4, -0.2) is 22.2 Å². The van der Waals surface area contributed by atoms with E-state index in [0.717, 1.165) is 18.4 Å². The Morgan fingerprint density at radius 1 is 1.20 bits per heavy atom. The van der Waals surface area contributed by atoms with Crippen LogP contribution in [0.1, 0.15) is 31.4 Å². The van der Waals surface area contributed by atoms with Crippen molar-refractivity contribution in [3.63, 3.8) is 0 Å². The van der Waals surface area contributed by atoms with Gasteiger partial charge in [-0.2, -0.15) is 0 Å². The maximum Gasteiger partial charge on any atom is 0.314 e. The Labute approximate surface area is 115 Å². The fraction of sp³-hybridized carbons (Fsp3) is 0.429. The summed E-state index contributed by atoms with van der Waals surface area (Å²) in [6.07, 6.45) is 2.18. The fourth-order valence-corrected chi connectivity index (χ4v) is 2.65.